The van der Waals surface area contributed by atoms with Crippen molar-refractivity contribution in [3.8, 4) is 5.75 Å². The van der Waals surface area contributed by atoms with Gasteiger partial charge in [-0.2, -0.15) is 4.98 Å². The number of rotatable bonds is 11. The van der Waals surface area contributed by atoms with Gasteiger partial charge in [0.05, 0.1) is 31.4 Å². The second-order valence-electron chi connectivity index (χ2n) is 9.40. The minimum atomic E-state index is -3.85. The van der Waals surface area contributed by atoms with Crippen LogP contribution < -0.4 is 15.8 Å². The number of nitrogen functional groups attached to an aromatic ring is 1. The van der Waals surface area contributed by atoms with Gasteiger partial charge in [0.2, 0.25) is 5.95 Å². The van der Waals surface area contributed by atoms with Gasteiger partial charge in [0.25, 0.3) is 5.56 Å². The molecule has 0 aliphatic heterocycles. The molecule has 1 saturated carbocycles. The van der Waals surface area contributed by atoms with Gasteiger partial charge in [-0.3, -0.25) is 23.7 Å². The number of carbonyl (C=O) groups excluding carboxylic acids is 1. The molecule has 2 heterocycles. The Balaban J connectivity index is 1.54. The number of para-hydroxylation sites is 1. The number of aliphatic hydroxyl groups is 1. The van der Waals surface area contributed by atoms with Crippen LogP contribution in [0.15, 0.2) is 47.0 Å². The van der Waals surface area contributed by atoms with Gasteiger partial charge in [-0.1, -0.05) is 25.1 Å². The standard InChI is InChI=1S/C24H30N5O7P/c1-15(2)35-22(32)16(3)11-37(33,36-18-7-5-4-6-8-18)34-13-24(12-30)9-17(24)10-29-14-26-19-20(29)27-23(25)28-21(19)31/h4-8,10,14-16,30H,9,11-13H2,1-3H3,(H3,25,27,28,31)/b17-10-/t16-,24+,37+/m1/s1. The summed E-state index contributed by atoms with van der Waals surface area (Å²) < 4.78 is 32.2. The highest BCUT2D eigenvalue weighted by molar-refractivity contribution is 7.54. The predicted molar refractivity (Wildman–Crippen MR) is 137 cm³/mol. The molecule has 2 aromatic heterocycles. The molecule has 1 aliphatic rings. The van der Waals surface area contributed by atoms with E-state index >= 15 is 0 Å². The Morgan fingerprint density at radius 3 is 2.73 bits per heavy atom. The van der Waals surface area contributed by atoms with E-state index in [9.17, 15) is 19.3 Å². The van der Waals surface area contributed by atoms with Crippen molar-refractivity contribution in [2.75, 3.05) is 25.1 Å². The molecule has 0 bridgehead atoms. The van der Waals surface area contributed by atoms with E-state index in [0.29, 0.717) is 12.2 Å². The molecule has 0 saturated heterocycles. The zero-order valence-electron chi connectivity index (χ0n) is 20.8. The number of nitrogens with two attached hydrogens (primary N) is 1. The molecular weight excluding hydrogens is 501 g/mol. The fraction of sp³-hybridized carbons (Fsp3) is 0.417. The van der Waals surface area contributed by atoms with E-state index in [-0.39, 0.29) is 42.6 Å². The minimum absolute atomic E-state index is 0.0469. The van der Waals surface area contributed by atoms with Crippen molar-refractivity contribution in [2.45, 2.75) is 33.3 Å². The molecule has 4 N–H and O–H groups in total. The molecule has 3 atom stereocenters. The average molecular weight is 532 g/mol. The second-order valence-corrected chi connectivity index (χ2v) is 11.4. The summed E-state index contributed by atoms with van der Waals surface area (Å²) in [6.45, 7) is 4.67. The number of imidazole rings is 1. The lowest BCUT2D eigenvalue weighted by atomic mass is 10.1. The van der Waals surface area contributed by atoms with Crippen LogP contribution >= 0.6 is 7.60 Å². The number of aromatic nitrogens is 4. The number of nitrogens with zero attached hydrogens (tertiary/aromatic N) is 3. The fourth-order valence-electron chi connectivity index (χ4n) is 3.79. The second kappa shape index (κ2) is 10.5. The zero-order chi connectivity index (χ0) is 26.8. The molecule has 3 aromatic rings. The van der Waals surface area contributed by atoms with Crippen molar-refractivity contribution < 1.29 is 28.3 Å². The molecule has 1 aromatic carbocycles. The van der Waals surface area contributed by atoms with E-state index in [1.807, 2.05) is 0 Å². The Morgan fingerprint density at radius 1 is 1.32 bits per heavy atom. The summed E-state index contributed by atoms with van der Waals surface area (Å²) in [6, 6.07) is 8.53. The Bertz CT molecular complexity index is 1420. The smallest absolute Gasteiger partial charge is 0.380 e. The van der Waals surface area contributed by atoms with Crippen LogP contribution in [0.4, 0.5) is 5.95 Å². The summed E-state index contributed by atoms with van der Waals surface area (Å²) in [5.41, 5.74) is 5.54. The SMILES string of the molecule is CC(C)OC(=O)[C@H](C)C[P@](=O)(OC[C@@]1(CO)C/C1=C/n1cnc2c(=O)[nH]c(N)nc21)Oc1ccccc1. The highest BCUT2D eigenvalue weighted by atomic mass is 31.2. The van der Waals surface area contributed by atoms with Gasteiger partial charge in [0.1, 0.15) is 12.1 Å². The van der Waals surface area contributed by atoms with Crippen LogP contribution in [0.3, 0.4) is 0 Å². The molecule has 4 rings (SSSR count). The number of benzene rings is 1. The van der Waals surface area contributed by atoms with Crippen molar-refractivity contribution >= 4 is 36.9 Å². The molecule has 37 heavy (non-hydrogen) atoms. The molecule has 0 unspecified atom stereocenters. The van der Waals surface area contributed by atoms with Gasteiger partial charge in [0.15, 0.2) is 11.2 Å². The van der Waals surface area contributed by atoms with Crippen molar-refractivity contribution in [3.63, 3.8) is 0 Å². The lowest BCUT2D eigenvalue weighted by molar-refractivity contribution is -0.151. The molecule has 13 heteroatoms. The first-order valence-corrected chi connectivity index (χ1v) is 13.5. The summed E-state index contributed by atoms with van der Waals surface area (Å²) in [7, 11) is -3.85. The van der Waals surface area contributed by atoms with Gasteiger partial charge in [-0.15, -0.1) is 0 Å². The van der Waals surface area contributed by atoms with Crippen LogP contribution in [0, 0.1) is 11.3 Å². The first-order chi connectivity index (χ1) is 17.5. The van der Waals surface area contributed by atoms with E-state index < -0.39 is 30.5 Å². The molecule has 198 valence electrons. The van der Waals surface area contributed by atoms with Crippen LogP contribution in [0.5, 0.6) is 5.75 Å². The van der Waals surface area contributed by atoms with Gasteiger partial charge in [-0.05, 0) is 38.0 Å². The summed E-state index contributed by atoms with van der Waals surface area (Å²) in [5.74, 6) is -0.968. The van der Waals surface area contributed by atoms with Crippen LogP contribution in [-0.2, 0) is 18.6 Å². The zero-order valence-corrected chi connectivity index (χ0v) is 21.7. The van der Waals surface area contributed by atoms with Gasteiger partial charge in [-0.25, -0.2) is 9.55 Å². The Labute approximate surface area is 213 Å². The van der Waals surface area contributed by atoms with Crippen LogP contribution in [0.1, 0.15) is 27.2 Å². The molecule has 12 nitrogen and oxygen atoms in total. The average Bonchev–Trinajstić information content (AvgIpc) is 3.38. The molecular formula is C24H30N5O7P. The first kappa shape index (κ1) is 26.6. The number of anilines is 1. The quantitative estimate of drug-likeness (QED) is 0.247. The van der Waals surface area contributed by atoms with Crippen molar-refractivity contribution in [1.82, 2.24) is 19.5 Å². The number of carbonyl (C=O) groups is 1. The first-order valence-electron chi connectivity index (χ1n) is 11.8. The monoisotopic (exact) mass is 531 g/mol. The third kappa shape index (κ3) is 6.10. The molecule has 0 radical (unpaired) electrons. The highest BCUT2D eigenvalue weighted by Gasteiger charge is 2.51. The lowest BCUT2D eigenvalue weighted by Crippen LogP contribution is -2.24. The molecule has 0 spiro atoms. The number of nitrogens with one attached hydrogen (secondary N) is 1. The Hall–Kier alpha value is -3.47. The normalized spacial score (nSPS) is 20.6. The summed E-state index contributed by atoms with van der Waals surface area (Å²) >= 11 is 0. The van der Waals surface area contributed by atoms with Gasteiger partial charge < -0.3 is 20.1 Å². The maximum atomic E-state index is 13.8. The number of hydrogen-bond donors (Lipinski definition) is 3. The number of aliphatic hydroxyl groups excluding tert-OH is 1. The number of H-pyrrole nitrogens is 1. The maximum absolute atomic E-state index is 13.8. The van der Waals surface area contributed by atoms with E-state index in [4.69, 9.17) is 19.5 Å². The largest absolute Gasteiger partial charge is 0.463 e. The fourth-order valence-corrected chi connectivity index (χ4v) is 5.73. The van der Waals surface area contributed by atoms with E-state index in [0.717, 1.165) is 5.57 Å². The van der Waals surface area contributed by atoms with Crippen molar-refractivity contribution in [1.29, 1.82) is 0 Å². The van der Waals surface area contributed by atoms with E-state index in [2.05, 4.69) is 15.0 Å². The topological polar surface area (TPSA) is 172 Å². The predicted octanol–water partition coefficient (Wildman–Crippen LogP) is 2.80. The number of aromatic amines is 1. The van der Waals surface area contributed by atoms with Gasteiger partial charge >= 0.3 is 13.6 Å². The summed E-state index contributed by atoms with van der Waals surface area (Å²) in [4.78, 5) is 35.0. The summed E-state index contributed by atoms with van der Waals surface area (Å²) in [6.07, 6.45) is 3.03. The highest BCUT2D eigenvalue weighted by Crippen LogP contribution is 2.57. The third-order valence-corrected chi connectivity index (χ3v) is 7.92. The van der Waals surface area contributed by atoms with Gasteiger partial charge in [0, 0.05) is 11.6 Å². The molecule has 1 aliphatic carbocycles. The number of fused-ring (bicyclic) bond motifs is 1. The van der Waals surface area contributed by atoms with Crippen LogP contribution in [0.2, 0.25) is 0 Å². The molecule has 1 fully saturated rings. The Kier molecular flexibility index (Phi) is 7.54. The van der Waals surface area contributed by atoms with Crippen LogP contribution in [0.25, 0.3) is 17.4 Å². The number of esters is 1. The molecule has 0 amide bonds. The number of hydrogen-bond acceptors (Lipinski definition) is 10. The minimum Gasteiger partial charge on any atom is -0.463 e. The van der Waals surface area contributed by atoms with Crippen LogP contribution in [-0.4, -0.2) is 56.1 Å². The third-order valence-electron chi connectivity index (χ3n) is 5.91. The van der Waals surface area contributed by atoms with E-state index in [1.54, 1.807) is 57.3 Å². The maximum Gasteiger partial charge on any atom is 0.380 e. The summed E-state index contributed by atoms with van der Waals surface area (Å²) in [5, 5.41) is 10.2. The van der Waals surface area contributed by atoms with Crippen molar-refractivity contribution in [3.05, 3.63) is 52.6 Å². The lowest BCUT2D eigenvalue weighted by Gasteiger charge is -2.24. The Morgan fingerprint density at radius 2 is 2.05 bits per heavy atom. The van der Waals surface area contributed by atoms with Crippen molar-refractivity contribution in [2.24, 2.45) is 11.3 Å². The number of ether oxygens (including phenoxy) is 1. The van der Waals surface area contributed by atoms with E-state index in [1.165, 1.54) is 10.9 Å².